The molecular formula is C20H34O2Si. The maximum absolute atomic E-state index is 6.24. The van der Waals surface area contributed by atoms with Crippen LogP contribution < -0.4 is 4.74 Å². The first kappa shape index (κ1) is 20.0. The van der Waals surface area contributed by atoms with Gasteiger partial charge in [-0.2, -0.15) is 0 Å². The first-order valence-corrected chi connectivity index (χ1v) is 12.0. The Morgan fingerprint density at radius 2 is 1.78 bits per heavy atom. The van der Waals surface area contributed by atoms with Crippen LogP contribution in [0, 0.1) is 0 Å². The molecule has 0 aliphatic heterocycles. The van der Waals surface area contributed by atoms with Crippen LogP contribution in [-0.2, 0) is 4.43 Å². The highest BCUT2D eigenvalue weighted by molar-refractivity contribution is 6.72. The Balaban J connectivity index is 2.91. The van der Waals surface area contributed by atoms with E-state index < -0.39 is 8.32 Å². The van der Waals surface area contributed by atoms with Gasteiger partial charge in [0.15, 0.2) is 8.32 Å². The van der Waals surface area contributed by atoms with Crippen LogP contribution in [0.5, 0.6) is 5.75 Å². The van der Waals surface area contributed by atoms with E-state index in [1.165, 1.54) is 30.4 Å². The van der Waals surface area contributed by atoms with Gasteiger partial charge in [0, 0.05) is 6.10 Å². The monoisotopic (exact) mass is 334 g/mol. The fraction of sp³-hybridized carbons (Fsp3) is 0.600. The van der Waals surface area contributed by atoms with Crippen LogP contribution in [0.2, 0.25) is 19.1 Å². The highest BCUT2D eigenvalue weighted by Gasteiger charge is 2.25. The van der Waals surface area contributed by atoms with Gasteiger partial charge in [-0.25, -0.2) is 0 Å². The van der Waals surface area contributed by atoms with Crippen molar-refractivity contribution in [1.29, 1.82) is 0 Å². The minimum atomic E-state index is -1.70. The van der Waals surface area contributed by atoms with Gasteiger partial charge in [-0.1, -0.05) is 38.0 Å². The summed E-state index contributed by atoms with van der Waals surface area (Å²) in [4.78, 5) is 0. The molecule has 0 amide bonds. The van der Waals surface area contributed by atoms with E-state index in [1.54, 1.807) is 7.11 Å². The molecule has 1 rings (SSSR count). The molecule has 1 aromatic rings. The zero-order chi connectivity index (χ0) is 17.3. The predicted octanol–water partition coefficient (Wildman–Crippen LogP) is 6.29. The maximum atomic E-state index is 6.24. The van der Waals surface area contributed by atoms with Crippen LogP contribution >= 0.6 is 0 Å². The fourth-order valence-corrected chi connectivity index (χ4v) is 5.53. The number of benzene rings is 1. The van der Waals surface area contributed by atoms with Crippen molar-refractivity contribution in [2.75, 3.05) is 7.11 Å². The first-order valence-electron chi connectivity index (χ1n) is 8.89. The number of ether oxygens (including phenoxy) is 1. The molecule has 0 fully saturated rings. The third-order valence-electron chi connectivity index (χ3n) is 3.83. The van der Waals surface area contributed by atoms with Crippen LogP contribution in [0.25, 0.3) is 5.57 Å². The fourth-order valence-electron chi connectivity index (χ4n) is 2.91. The van der Waals surface area contributed by atoms with Gasteiger partial charge in [-0.05, 0) is 69.1 Å². The number of methoxy groups -OCH3 is 1. The molecule has 0 atom stereocenters. The third kappa shape index (κ3) is 7.84. The topological polar surface area (TPSA) is 18.5 Å². The van der Waals surface area contributed by atoms with Gasteiger partial charge in [0.2, 0.25) is 0 Å². The van der Waals surface area contributed by atoms with Crippen molar-refractivity contribution in [3.63, 3.8) is 0 Å². The summed E-state index contributed by atoms with van der Waals surface area (Å²) >= 11 is 0. The SMILES string of the molecule is CCCCC/C=C(/C[Si](C)(C)OC(C)C)c1ccc(OC)cc1. The van der Waals surface area contributed by atoms with E-state index >= 15 is 0 Å². The summed E-state index contributed by atoms with van der Waals surface area (Å²) in [6.07, 6.45) is 7.72. The van der Waals surface area contributed by atoms with Gasteiger partial charge in [0.1, 0.15) is 5.75 Å². The van der Waals surface area contributed by atoms with E-state index in [1.807, 2.05) is 12.1 Å². The minimum Gasteiger partial charge on any atom is -0.497 e. The van der Waals surface area contributed by atoms with Crippen LogP contribution in [-0.4, -0.2) is 21.5 Å². The van der Waals surface area contributed by atoms with Crippen molar-refractivity contribution in [3.05, 3.63) is 35.9 Å². The van der Waals surface area contributed by atoms with Gasteiger partial charge in [0.05, 0.1) is 7.11 Å². The Labute approximate surface area is 144 Å². The molecule has 130 valence electrons. The molecule has 0 spiro atoms. The van der Waals surface area contributed by atoms with Crippen LogP contribution in [0.15, 0.2) is 30.3 Å². The van der Waals surface area contributed by atoms with Gasteiger partial charge in [-0.3, -0.25) is 0 Å². The Kier molecular flexibility index (Phi) is 8.63. The summed E-state index contributed by atoms with van der Waals surface area (Å²) in [5.41, 5.74) is 2.73. The van der Waals surface area contributed by atoms with Crippen molar-refractivity contribution >= 4 is 13.9 Å². The second-order valence-electron chi connectivity index (χ2n) is 7.06. The molecule has 0 radical (unpaired) electrons. The van der Waals surface area contributed by atoms with Gasteiger partial charge < -0.3 is 9.16 Å². The molecule has 0 saturated carbocycles. The van der Waals surface area contributed by atoms with Gasteiger partial charge in [0.25, 0.3) is 0 Å². The highest BCUT2D eigenvalue weighted by Crippen LogP contribution is 2.29. The molecule has 0 unspecified atom stereocenters. The smallest absolute Gasteiger partial charge is 0.191 e. The lowest BCUT2D eigenvalue weighted by Crippen LogP contribution is -2.33. The van der Waals surface area contributed by atoms with E-state index in [-0.39, 0.29) is 0 Å². The van der Waals surface area contributed by atoms with Gasteiger partial charge in [-0.15, -0.1) is 0 Å². The summed E-state index contributed by atoms with van der Waals surface area (Å²) in [5.74, 6) is 0.911. The zero-order valence-electron chi connectivity index (χ0n) is 15.8. The molecule has 0 saturated heterocycles. The molecule has 1 aromatic carbocycles. The molecule has 0 bridgehead atoms. The number of rotatable bonds is 10. The number of hydrogen-bond donors (Lipinski definition) is 0. The Hall–Kier alpha value is -1.06. The summed E-state index contributed by atoms with van der Waals surface area (Å²) in [6.45, 7) is 11.1. The molecule has 3 heteroatoms. The molecule has 0 aliphatic carbocycles. The molecule has 0 heterocycles. The van der Waals surface area contributed by atoms with E-state index in [9.17, 15) is 0 Å². The van der Waals surface area contributed by atoms with Crippen LogP contribution in [0.4, 0.5) is 0 Å². The summed E-state index contributed by atoms with van der Waals surface area (Å²) in [7, 11) is 0.00912. The summed E-state index contributed by atoms with van der Waals surface area (Å²) < 4.78 is 11.5. The Morgan fingerprint density at radius 3 is 2.30 bits per heavy atom. The minimum absolute atomic E-state index is 0.300. The molecular weight excluding hydrogens is 300 g/mol. The lowest BCUT2D eigenvalue weighted by atomic mass is 10.0. The van der Waals surface area contributed by atoms with Crippen molar-refractivity contribution < 1.29 is 9.16 Å². The largest absolute Gasteiger partial charge is 0.497 e. The lowest BCUT2D eigenvalue weighted by molar-refractivity contribution is 0.233. The molecule has 0 aliphatic rings. The van der Waals surface area contributed by atoms with E-state index in [2.05, 4.69) is 52.1 Å². The number of allylic oxidation sites excluding steroid dienone is 2. The van der Waals surface area contributed by atoms with E-state index in [0.717, 1.165) is 18.2 Å². The molecule has 0 aromatic heterocycles. The Bertz CT molecular complexity index is 475. The molecule has 0 N–H and O–H groups in total. The first-order chi connectivity index (χ1) is 10.9. The average molecular weight is 335 g/mol. The summed E-state index contributed by atoms with van der Waals surface area (Å²) in [6, 6.07) is 9.50. The summed E-state index contributed by atoms with van der Waals surface area (Å²) in [5, 5.41) is 0. The number of unbranched alkanes of at least 4 members (excludes halogenated alkanes) is 3. The van der Waals surface area contributed by atoms with Crippen molar-refractivity contribution in [1.82, 2.24) is 0 Å². The maximum Gasteiger partial charge on any atom is 0.191 e. The normalized spacial score (nSPS) is 12.7. The van der Waals surface area contributed by atoms with Gasteiger partial charge >= 0.3 is 0 Å². The van der Waals surface area contributed by atoms with E-state index in [4.69, 9.17) is 9.16 Å². The van der Waals surface area contributed by atoms with Crippen molar-refractivity contribution in [2.24, 2.45) is 0 Å². The molecule has 23 heavy (non-hydrogen) atoms. The zero-order valence-corrected chi connectivity index (χ0v) is 16.8. The number of hydrogen-bond acceptors (Lipinski definition) is 2. The average Bonchev–Trinajstić information content (AvgIpc) is 2.49. The standard InChI is InChI=1S/C20H34O2Si/c1-7-8-9-10-11-19(16-23(5,6)22-17(2)3)18-12-14-20(21-4)15-13-18/h11-15,17H,7-10,16H2,1-6H3/b19-11-. The highest BCUT2D eigenvalue weighted by atomic mass is 28.4. The Morgan fingerprint density at radius 1 is 1.13 bits per heavy atom. The predicted molar refractivity (Wildman–Crippen MR) is 104 cm³/mol. The van der Waals surface area contributed by atoms with Crippen molar-refractivity contribution in [2.45, 2.75) is 71.7 Å². The quantitative estimate of drug-likeness (QED) is 0.370. The van der Waals surface area contributed by atoms with E-state index in [0.29, 0.717) is 6.10 Å². The second kappa shape index (κ2) is 9.94. The third-order valence-corrected chi connectivity index (χ3v) is 6.17. The van der Waals surface area contributed by atoms with Crippen LogP contribution in [0.1, 0.15) is 52.0 Å². The lowest BCUT2D eigenvalue weighted by Gasteiger charge is -2.27. The second-order valence-corrected chi connectivity index (χ2v) is 11.2. The van der Waals surface area contributed by atoms with Crippen LogP contribution in [0.3, 0.4) is 0 Å². The molecule has 2 nitrogen and oxygen atoms in total. The van der Waals surface area contributed by atoms with Crippen molar-refractivity contribution in [3.8, 4) is 5.75 Å².